The number of carbonyl (C=O) groups excluding carboxylic acids is 1. The third-order valence-electron chi connectivity index (χ3n) is 7.62. The molecule has 11 nitrogen and oxygen atoms in total. The lowest BCUT2D eigenvalue weighted by Crippen LogP contribution is -2.34. The van der Waals surface area contributed by atoms with Crippen molar-refractivity contribution in [3.63, 3.8) is 0 Å². The van der Waals surface area contributed by atoms with Gasteiger partial charge in [-0.1, -0.05) is 43.7 Å². The molecule has 5 aromatic rings. The van der Waals surface area contributed by atoms with Crippen LogP contribution in [0.25, 0.3) is 21.8 Å². The zero-order chi connectivity index (χ0) is 32.3. The van der Waals surface area contributed by atoms with E-state index < -0.39 is 5.92 Å². The van der Waals surface area contributed by atoms with Crippen LogP contribution in [-0.2, 0) is 18.4 Å². The number of nitriles is 2. The Hall–Kier alpha value is -5.46. The molecular formula is C34H34N10OS. The number of aromatic nitrogens is 6. The topological polar surface area (TPSA) is 158 Å². The third-order valence-corrected chi connectivity index (χ3v) is 8.62. The molecule has 0 bridgehead atoms. The summed E-state index contributed by atoms with van der Waals surface area (Å²) in [5.74, 6) is -0.132. The second kappa shape index (κ2) is 15.5. The van der Waals surface area contributed by atoms with Gasteiger partial charge in [-0.2, -0.15) is 25.8 Å². The second-order valence-corrected chi connectivity index (χ2v) is 12.0. The molecule has 2 atom stereocenters. The summed E-state index contributed by atoms with van der Waals surface area (Å²) in [7, 11) is 1.85. The van der Waals surface area contributed by atoms with Crippen LogP contribution >= 0.6 is 11.3 Å². The normalized spacial score (nSPS) is 12.1. The van der Waals surface area contributed by atoms with Gasteiger partial charge in [-0.05, 0) is 55.0 Å². The molecule has 1 aromatic carbocycles. The Morgan fingerprint density at radius 3 is 2.54 bits per heavy atom. The number of benzene rings is 1. The van der Waals surface area contributed by atoms with Crippen LogP contribution in [0.1, 0.15) is 60.2 Å². The molecule has 1 unspecified atom stereocenters. The number of rotatable bonds is 14. The largest absolute Gasteiger partial charge is 0.354 e. The van der Waals surface area contributed by atoms with Gasteiger partial charge in [-0.3, -0.25) is 9.48 Å². The van der Waals surface area contributed by atoms with Gasteiger partial charge in [0.2, 0.25) is 11.9 Å². The van der Waals surface area contributed by atoms with Gasteiger partial charge in [0.1, 0.15) is 22.7 Å². The van der Waals surface area contributed by atoms with E-state index in [1.165, 1.54) is 17.5 Å². The number of amides is 1. The number of aryl methyl sites for hydroxylation is 1. The van der Waals surface area contributed by atoms with E-state index in [0.29, 0.717) is 46.6 Å². The van der Waals surface area contributed by atoms with Gasteiger partial charge in [-0.25, -0.2) is 9.97 Å². The summed E-state index contributed by atoms with van der Waals surface area (Å²) < 4.78 is 1.71. The number of thiophene rings is 1. The molecule has 0 spiro atoms. The van der Waals surface area contributed by atoms with Crippen LogP contribution in [0.2, 0.25) is 0 Å². The molecule has 0 aliphatic rings. The Morgan fingerprint density at radius 2 is 1.87 bits per heavy atom. The zero-order valence-corrected chi connectivity index (χ0v) is 26.5. The summed E-state index contributed by atoms with van der Waals surface area (Å²) in [4.78, 5) is 24.0. The van der Waals surface area contributed by atoms with Gasteiger partial charge in [0, 0.05) is 31.9 Å². The molecule has 0 fully saturated rings. The van der Waals surface area contributed by atoms with E-state index in [2.05, 4.69) is 55.0 Å². The van der Waals surface area contributed by atoms with E-state index in [4.69, 9.17) is 0 Å². The Labute approximate surface area is 272 Å². The maximum Gasteiger partial charge on any atom is 0.229 e. The maximum atomic E-state index is 13.8. The van der Waals surface area contributed by atoms with Crippen molar-refractivity contribution in [3.8, 4) is 34.0 Å². The highest BCUT2D eigenvalue weighted by molar-refractivity contribution is 7.16. The monoisotopic (exact) mass is 630 g/mol. The van der Waals surface area contributed by atoms with E-state index >= 15 is 0 Å². The SMILES string of the molecule is CCCC(CCCNc1ncc(C#N)c(-c2ccc(C#N)s2)n1)[C@H](C(=O)NCc1ccccc1)c1ccc(-c2cnn(C)c2)nn1. The van der Waals surface area contributed by atoms with Crippen molar-refractivity contribution < 1.29 is 4.79 Å². The summed E-state index contributed by atoms with van der Waals surface area (Å²) in [5.41, 5.74) is 4.07. The average molecular weight is 631 g/mol. The predicted molar refractivity (Wildman–Crippen MR) is 176 cm³/mol. The van der Waals surface area contributed by atoms with Crippen molar-refractivity contribution in [2.45, 2.75) is 45.1 Å². The van der Waals surface area contributed by atoms with Gasteiger partial charge in [0.05, 0.1) is 40.1 Å². The summed E-state index contributed by atoms with van der Waals surface area (Å²) in [6.45, 7) is 3.12. The minimum Gasteiger partial charge on any atom is -0.354 e. The van der Waals surface area contributed by atoms with E-state index in [1.54, 1.807) is 23.0 Å². The van der Waals surface area contributed by atoms with Gasteiger partial charge in [0.25, 0.3) is 0 Å². The standard InChI is InChI=1S/C34H34N10OS/c1-3-8-24(11-7-16-37-34-39-20-25(17-35)32(41-34)30-15-12-27(18-36)46-30)31(33(45)38-19-23-9-5-4-6-10-23)29-14-13-28(42-43-29)26-21-40-44(2)22-26/h4-6,9-10,12-15,20-22,24,31H,3,7-8,11,16,19H2,1-2H3,(H,38,45)(H,37,39,41)/t24?,31-/m0/s1. The number of nitrogens with one attached hydrogen (secondary N) is 2. The lowest BCUT2D eigenvalue weighted by atomic mass is 9.82. The zero-order valence-electron chi connectivity index (χ0n) is 25.7. The highest BCUT2D eigenvalue weighted by atomic mass is 32.1. The Morgan fingerprint density at radius 1 is 1.02 bits per heavy atom. The van der Waals surface area contributed by atoms with Crippen LogP contribution in [0.5, 0.6) is 0 Å². The minimum atomic E-state index is -0.481. The lowest BCUT2D eigenvalue weighted by molar-refractivity contribution is -0.124. The van der Waals surface area contributed by atoms with Crippen LogP contribution < -0.4 is 10.6 Å². The molecule has 5 rings (SSSR count). The fraction of sp³-hybridized carbons (Fsp3) is 0.294. The molecule has 2 N–H and O–H groups in total. The van der Waals surface area contributed by atoms with E-state index in [0.717, 1.165) is 41.7 Å². The first-order valence-electron chi connectivity index (χ1n) is 15.1. The summed E-state index contributed by atoms with van der Waals surface area (Å²) in [5, 5.41) is 38.4. The first kappa shape index (κ1) is 31.9. The summed E-state index contributed by atoms with van der Waals surface area (Å²) in [6.07, 6.45) is 8.38. The maximum absolute atomic E-state index is 13.8. The summed E-state index contributed by atoms with van der Waals surface area (Å²) >= 11 is 1.29. The van der Waals surface area contributed by atoms with Crippen LogP contribution in [0, 0.1) is 28.6 Å². The Balaban J connectivity index is 1.30. The average Bonchev–Trinajstić information content (AvgIpc) is 3.76. The van der Waals surface area contributed by atoms with E-state index in [-0.39, 0.29) is 11.8 Å². The Kier molecular flexibility index (Phi) is 10.8. The van der Waals surface area contributed by atoms with Crippen molar-refractivity contribution in [1.82, 2.24) is 35.3 Å². The number of carbonyl (C=O) groups is 1. The molecule has 4 heterocycles. The minimum absolute atomic E-state index is 0.0223. The fourth-order valence-corrected chi connectivity index (χ4v) is 6.18. The van der Waals surface area contributed by atoms with E-state index in [9.17, 15) is 15.3 Å². The highest BCUT2D eigenvalue weighted by Crippen LogP contribution is 2.32. The number of nitrogens with zero attached hydrogens (tertiary/aromatic N) is 8. The van der Waals surface area contributed by atoms with Crippen molar-refractivity contribution in [1.29, 1.82) is 10.5 Å². The van der Waals surface area contributed by atoms with Crippen molar-refractivity contribution in [3.05, 3.63) is 94.9 Å². The highest BCUT2D eigenvalue weighted by Gasteiger charge is 2.31. The van der Waals surface area contributed by atoms with Crippen LogP contribution in [0.3, 0.4) is 0 Å². The third kappa shape index (κ3) is 7.97. The van der Waals surface area contributed by atoms with Gasteiger partial charge >= 0.3 is 0 Å². The fourth-order valence-electron chi connectivity index (χ4n) is 5.38. The molecule has 46 heavy (non-hydrogen) atoms. The van der Waals surface area contributed by atoms with Crippen molar-refractivity contribution in [2.75, 3.05) is 11.9 Å². The molecule has 0 saturated heterocycles. The van der Waals surface area contributed by atoms with Crippen LogP contribution in [-0.4, -0.2) is 42.4 Å². The first-order chi connectivity index (χ1) is 22.5. The van der Waals surface area contributed by atoms with Gasteiger partial charge in [-0.15, -0.1) is 11.3 Å². The molecular weight excluding hydrogens is 597 g/mol. The van der Waals surface area contributed by atoms with E-state index in [1.807, 2.05) is 55.7 Å². The first-order valence-corrected chi connectivity index (χ1v) is 16.0. The number of hydrogen-bond acceptors (Lipinski definition) is 10. The summed E-state index contributed by atoms with van der Waals surface area (Å²) in [6, 6.07) is 21.4. The second-order valence-electron chi connectivity index (χ2n) is 10.9. The number of anilines is 1. The molecule has 0 saturated carbocycles. The molecule has 1 amide bonds. The molecule has 232 valence electrons. The number of hydrogen-bond donors (Lipinski definition) is 2. The molecule has 0 aliphatic heterocycles. The molecule has 0 aliphatic carbocycles. The predicted octanol–water partition coefficient (Wildman–Crippen LogP) is 5.85. The quantitative estimate of drug-likeness (QED) is 0.144. The molecule has 4 aromatic heterocycles. The van der Waals surface area contributed by atoms with Gasteiger partial charge in [0.15, 0.2) is 0 Å². The Bertz CT molecular complexity index is 1840. The van der Waals surface area contributed by atoms with Crippen LogP contribution in [0.4, 0.5) is 5.95 Å². The van der Waals surface area contributed by atoms with Crippen LogP contribution in [0.15, 0.2) is 73.2 Å². The molecule has 0 radical (unpaired) electrons. The smallest absolute Gasteiger partial charge is 0.229 e. The van der Waals surface area contributed by atoms with Gasteiger partial charge < -0.3 is 10.6 Å². The van der Waals surface area contributed by atoms with Crippen molar-refractivity contribution >= 4 is 23.2 Å². The molecule has 12 heteroatoms. The van der Waals surface area contributed by atoms with Crippen molar-refractivity contribution in [2.24, 2.45) is 13.0 Å². The lowest BCUT2D eigenvalue weighted by Gasteiger charge is -2.26.